The van der Waals surface area contributed by atoms with Crippen molar-refractivity contribution in [2.75, 3.05) is 0 Å². The van der Waals surface area contributed by atoms with Gasteiger partial charge in [0.05, 0.1) is 0 Å². The fourth-order valence-electron chi connectivity index (χ4n) is 1.71. The summed E-state index contributed by atoms with van der Waals surface area (Å²) in [6, 6.07) is 5.27. The molecule has 0 aromatic heterocycles. The van der Waals surface area contributed by atoms with Gasteiger partial charge in [-0.05, 0) is 31.5 Å². The van der Waals surface area contributed by atoms with Crippen molar-refractivity contribution >= 4 is 45.0 Å². The van der Waals surface area contributed by atoms with Crippen molar-refractivity contribution in [2.45, 2.75) is 25.8 Å². The first-order valence-corrected chi connectivity index (χ1v) is 7.20. The van der Waals surface area contributed by atoms with Crippen LogP contribution in [0, 0.1) is 0 Å². The lowest BCUT2D eigenvalue weighted by atomic mass is 9.99. The second-order valence-corrected chi connectivity index (χ2v) is 5.61. The van der Waals surface area contributed by atoms with E-state index in [1.165, 1.54) is 0 Å². The molecule has 2 rings (SSSR count). The van der Waals surface area contributed by atoms with Crippen LogP contribution in [0.15, 0.2) is 33.9 Å². The Morgan fingerprint density at radius 1 is 1.33 bits per heavy atom. The molecule has 0 fully saturated rings. The van der Waals surface area contributed by atoms with Gasteiger partial charge in [-0.3, -0.25) is 0 Å². The Balaban J connectivity index is 2.44. The van der Waals surface area contributed by atoms with Crippen molar-refractivity contribution in [3.05, 3.63) is 44.6 Å². The molecular formula is C13H12BrCl2NO. The van der Waals surface area contributed by atoms with Crippen molar-refractivity contribution in [1.29, 1.82) is 0 Å². The summed E-state index contributed by atoms with van der Waals surface area (Å²) in [5.74, 6) is 1.34. The Bertz CT molecular complexity index is 522. The van der Waals surface area contributed by atoms with Crippen molar-refractivity contribution in [3.8, 4) is 0 Å². The van der Waals surface area contributed by atoms with E-state index in [9.17, 15) is 0 Å². The molecule has 0 bridgehead atoms. The molecule has 0 saturated heterocycles. The minimum atomic E-state index is -0.340. The molecule has 0 spiro atoms. The quantitative estimate of drug-likeness (QED) is 0.721. The van der Waals surface area contributed by atoms with Crippen LogP contribution >= 0.6 is 39.1 Å². The smallest absolute Gasteiger partial charge is 0.222 e. The zero-order valence-corrected chi connectivity index (χ0v) is 13.1. The van der Waals surface area contributed by atoms with Gasteiger partial charge in [-0.1, -0.05) is 46.1 Å². The first-order chi connectivity index (χ1) is 8.48. The molecule has 2 nitrogen and oxygen atoms in total. The van der Waals surface area contributed by atoms with E-state index in [4.69, 9.17) is 27.9 Å². The molecule has 1 aliphatic rings. The number of hydrogen-bond donors (Lipinski definition) is 0. The SMILES string of the molecule is CCC1(C)N=C(c2cc(Cl)cc(Cl)c2)OC1=CBr. The molecule has 1 atom stereocenters. The molecule has 0 amide bonds. The topological polar surface area (TPSA) is 21.6 Å². The van der Waals surface area contributed by atoms with Gasteiger partial charge in [-0.15, -0.1) is 0 Å². The minimum absolute atomic E-state index is 0.340. The molecule has 0 radical (unpaired) electrons. The van der Waals surface area contributed by atoms with Crippen LogP contribution in [0.3, 0.4) is 0 Å². The number of benzene rings is 1. The first kappa shape index (κ1) is 13.9. The molecule has 0 saturated carbocycles. The number of nitrogens with zero attached hydrogens (tertiary/aromatic N) is 1. The largest absolute Gasteiger partial charge is 0.440 e. The maximum absolute atomic E-state index is 5.98. The van der Waals surface area contributed by atoms with Gasteiger partial charge in [0.2, 0.25) is 5.90 Å². The monoisotopic (exact) mass is 347 g/mol. The van der Waals surface area contributed by atoms with E-state index in [-0.39, 0.29) is 5.54 Å². The van der Waals surface area contributed by atoms with Gasteiger partial charge >= 0.3 is 0 Å². The lowest BCUT2D eigenvalue weighted by Gasteiger charge is -2.16. The van der Waals surface area contributed by atoms with E-state index in [1.54, 1.807) is 23.2 Å². The van der Waals surface area contributed by atoms with E-state index in [2.05, 4.69) is 27.8 Å². The summed E-state index contributed by atoms with van der Waals surface area (Å²) < 4.78 is 5.76. The highest BCUT2D eigenvalue weighted by atomic mass is 79.9. The number of hydrogen-bond acceptors (Lipinski definition) is 2. The van der Waals surface area contributed by atoms with Crippen molar-refractivity contribution in [1.82, 2.24) is 0 Å². The van der Waals surface area contributed by atoms with Crippen LogP contribution < -0.4 is 0 Å². The number of ether oxygens (including phenoxy) is 1. The second kappa shape index (κ2) is 5.24. The van der Waals surface area contributed by atoms with Gasteiger partial charge in [-0.2, -0.15) is 0 Å². The summed E-state index contributed by atoms with van der Waals surface area (Å²) >= 11 is 15.3. The highest BCUT2D eigenvalue weighted by Gasteiger charge is 2.36. The molecule has 1 heterocycles. The van der Waals surface area contributed by atoms with E-state index >= 15 is 0 Å². The predicted octanol–water partition coefficient (Wildman–Crippen LogP) is 5.18. The van der Waals surface area contributed by atoms with Gasteiger partial charge in [0.1, 0.15) is 11.3 Å². The van der Waals surface area contributed by atoms with Crippen LogP contribution in [-0.4, -0.2) is 11.4 Å². The maximum atomic E-state index is 5.98. The summed E-state index contributed by atoms with van der Waals surface area (Å²) in [5, 5.41) is 1.14. The molecule has 1 aliphatic heterocycles. The molecule has 5 heteroatoms. The van der Waals surface area contributed by atoms with Crippen molar-refractivity contribution in [3.63, 3.8) is 0 Å². The minimum Gasteiger partial charge on any atom is -0.440 e. The number of rotatable bonds is 2. The second-order valence-electron chi connectivity index (χ2n) is 4.28. The Kier molecular flexibility index (Phi) is 4.05. The van der Waals surface area contributed by atoms with Crippen LogP contribution in [0.2, 0.25) is 10.0 Å². The van der Waals surface area contributed by atoms with Crippen LogP contribution in [0.25, 0.3) is 0 Å². The summed E-state index contributed by atoms with van der Waals surface area (Å²) in [6.07, 6.45) is 0.849. The molecule has 1 unspecified atom stereocenters. The third-order valence-corrected chi connectivity index (χ3v) is 3.84. The maximum Gasteiger partial charge on any atom is 0.222 e. The van der Waals surface area contributed by atoms with Gasteiger partial charge < -0.3 is 4.74 Å². The highest BCUT2D eigenvalue weighted by molar-refractivity contribution is 9.11. The molecule has 0 N–H and O–H groups in total. The van der Waals surface area contributed by atoms with Gasteiger partial charge in [0.15, 0.2) is 0 Å². The molecule has 18 heavy (non-hydrogen) atoms. The van der Waals surface area contributed by atoms with Crippen LogP contribution in [0.1, 0.15) is 25.8 Å². The summed E-state index contributed by atoms with van der Waals surface area (Å²) in [7, 11) is 0. The lowest BCUT2D eigenvalue weighted by Crippen LogP contribution is -2.19. The van der Waals surface area contributed by atoms with Gasteiger partial charge in [0.25, 0.3) is 0 Å². The predicted molar refractivity (Wildman–Crippen MR) is 79.8 cm³/mol. The fourth-order valence-corrected chi connectivity index (χ4v) is 2.82. The molecule has 1 aromatic rings. The van der Waals surface area contributed by atoms with Crippen LogP contribution in [0.5, 0.6) is 0 Å². The zero-order valence-electron chi connectivity index (χ0n) is 10.0. The third kappa shape index (κ3) is 2.58. The van der Waals surface area contributed by atoms with E-state index < -0.39 is 0 Å². The summed E-state index contributed by atoms with van der Waals surface area (Å²) in [6.45, 7) is 4.09. The average Bonchev–Trinajstić information content (AvgIpc) is 2.66. The van der Waals surface area contributed by atoms with E-state index in [0.717, 1.165) is 17.7 Å². The average molecular weight is 349 g/mol. The normalized spacial score (nSPS) is 25.2. The van der Waals surface area contributed by atoms with Gasteiger partial charge in [0, 0.05) is 20.6 Å². The molecule has 0 aliphatic carbocycles. The van der Waals surface area contributed by atoms with E-state index in [1.807, 2.05) is 6.92 Å². The third-order valence-electron chi connectivity index (χ3n) is 2.98. The standard InChI is InChI=1S/C13H12BrCl2NO/c1-3-13(2)11(7-14)18-12(17-13)8-4-9(15)6-10(16)5-8/h4-7H,3H2,1-2H3. The molecule has 1 aromatic carbocycles. The van der Waals surface area contributed by atoms with Crippen molar-refractivity contribution < 1.29 is 4.74 Å². The zero-order chi connectivity index (χ0) is 13.3. The number of halogens is 3. The Morgan fingerprint density at radius 2 is 1.94 bits per heavy atom. The Hall–Kier alpha value is -0.510. The Morgan fingerprint density at radius 3 is 2.39 bits per heavy atom. The van der Waals surface area contributed by atoms with Crippen molar-refractivity contribution in [2.24, 2.45) is 4.99 Å². The lowest BCUT2D eigenvalue weighted by molar-refractivity contribution is 0.364. The fraction of sp³-hybridized carbons (Fsp3) is 0.308. The summed E-state index contributed by atoms with van der Waals surface area (Å²) in [5.41, 5.74) is 0.449. The highest BCUT2D eigenvalue weighted by Crippen LogP contribution is 2.35. The summed E-state index contributed by atoms with van der Waals surface area (Å²) in [4.78, 5) is 6.39. The van der Waals surface area contributed by atoms with Crippen LogP contribution in [-0.2, 0) is 4.74 Å². The first-order valence-electron chi connectivity index (χ1n) is 5.53. The number of aliphatic imine (C=N–C) groups is 1. The van der Waals surface area contributed by atoms with Crippen LogP contribution in [0.4, 0.5) is 0 Å². The molecule has 96 valence electrons. The van der Waals surface area contributed by atoms with Gasteiger partial charge in [-0.25, -0.2) is 4.99 Å². The van der Waals surface area contributed by atoms with E-state index in [0.29, 0.717) is 15.9 Å². The Labute approximate surface area is 125 Å². The molecular weight excluding hydrogens is 337 g/mol.